The van der Waals surface area contributed by atoms with Crippen molar-refractivity contribution in [2.24, 2.45) is 0 Å². The Morgan fingerprint density at radius 1 is 1.80 bits per heavy atom. The molecule has 0 amide bonds. The lowest BCUT2D eigenvalue weighted by atomic mass is 11.9. The van der Waals surface area contributed by atoms with Gasteiger partial charge in [-0.15, -0.1) is 0 Å². The van der Waals surface area contributed by atoms with E-state index in [9.17, 15) is 0 Å². The maximum Gasteiger partial charge on any atom is 0.0911 e. The van der Waals surface area contributed by atoms with Gasteiger partial charge in [0.1, 0.15) is 0 Å². The molecule has 5 heavy (non-hydrogen) atoms. The minimum atomic E-state index is -0.485. The van der Waals surface area contributed by atoms with E-state index in [-0.39, 0.29) is 9.04 Å². The average Bonchev–Trinajstić information content (AvgIpc) is 1.38. The van der Waals surface area contributed by atoms with Crippen LogP contribution in [0.15, 0.2) is 0 Å². The molecule has 0 saturated heterocycles. The summed E-state index contributed by atoms with van der Waals surface area (Å²) in [5.74, 6) is 0. The van der Waals surface area contributed by atoms with Crippen molar-refractivity contribution in [3.05, 3.63) is 0 Å². The first-order chi connectivity index (χ1) is 2.27. The summed E-state index contributed by atoms with van der Waals surface area (Å²) in [6.45, 7) is 4.25. The molecule has 0 rings (SSSR count). The van der Waals surface area contributed by atoms with Crippen LogP contribution in [0.2, 0.25) is 13.1 Å². The van der Waals surface area contributed by atoms with Crippen LogP contribution in [0.3, 0.4) is 0 Å². The molecule has 0 aliphatic rings. The van der Waals surface area contributed by atoms with E-state index in [1.165, 1.54) is 0 Å². The molecule has 0 unspecified atom stereocenters. The predicted molar refractivity (Wildman–Crippen MR) is 28.7 cm³/mol. The zero-order valence-electron chi connectivity index (χ0n) is 3.71. The molecule has 0 spiro atoms. The normalized spacial score (nSPS) is 10.0. The topological polar surface area (TPSA) is 23.9 Å². The smallest absolute Gasteiger partial charge is 0.0911 e. The van der Waals surface area contributed by atoms with Crippen LogP contribution in [-0.4, -0.2) is 17.1 Å². The fourth-order valence-corrected chi connectivity index (χ4v) is 0. The molecule has 1 nitrogen and oxygen atoms in total. The summed E-state index contributed by atoms with van der Waals surface area (Å²) in [5, 5.41) is 6.99. The summed E-state index contributed by atoms with van der Waals surface area (Å²) in [5.41, 5.74) is 0. The monoisotopic (exact) mass is 103 g/mol. The van der Waals surface area contributed by atoms with Crippen molar-refractivity contribution < 1.29 is 0 Å². The quantitative estimate of drug-likeness (QED) is 0.457. The lowest BCUT2D eigenvalue weighted by Gasteiger charge is -1.72. The molecule has 30 valence electrons. The molecule has 0 bridgehead atoms. The molecule has 0 aliphatic carbocycles. The first-order valence-electron chi connectivity index (χ1n) is 1.81. The highest BCUT2D eigenvalue weighted by Gasteiger charge is 1.75. The van der Waals surface area contributed by atoms with E-state index in [1.807, 2.05) is 0 Å². The zero-order chi connectivity index (χ0) is 4.28. The summed E-state index contributed by atoms with van der Waals surface area (Å²) in [7, 11) is -0.368. The lowest BCUT2D eigenvalue weighted by molar-refractivity contribution is 1.59. The van der Waals surface area contributed by atoms with Gasteiger partial charge in [0.05, 0.1) is 17.1 Å². The third-order valence-electron chi connectivity index (χ3n) is 0.530. The van der Waals surface area contributed by atoms with Crippen LogP contribution < -0.4 is 0 Å². The van der Waals surface area contributed by atoms with Gasteiger partial charge < -0.3 is 5.05 Å². The first-order valence-corrected chi connectivity index (χ1v) is 7.55. The van der Waals surface area contributed by atoms with Crippen LogP contribution in [0.25, 0.3) is 0 Å². The third-order valence-corrected chi connectivity index (χ3v) is 4.77. The number of nitrogens with one attached hydrogen (secondary N) is 1. The summed E-state index contributed by atoms with van der Waals surface area (Å²) < 4.78 is 0. The van der Waals surface area contributed by atoms with Crippen molar-refractivity contribution in [3.8, 4) is 0 Å². The Morgan fingerprint density at radius 3 is 2.00 bits per heavy atom. The van der Waals surface area contributed by atoms with E-state index in [1.54, 1.807) is 0 Å². The maximum absolute atomic E-state index is 6.99. The molecule has 0 aliphatic heterocycles. The molecule has 0 radical (unpaired) electrons. The van der Waals surface area contributed by atoms with E-state index in [4.69, 9.17) is 5.05 Å². The molecule has 0 heterocycles. The average molecular weight is 103 g/mol. The van der Waals surface area contributed by atoms with Gasteiger partial charge >= 0.3 is 0 Å². The Labute approximate surface area is 36.1 Å². The largest absolute Gasteiger partial charge is 0.356 e. The Bertz CT molecular complexity index is 42.9. The molecule has 0 fully saturated rings. The maximum atomic E-state index is 6.99. The van der Waals surface area contributed by atoms with Gasteiger partial charge in [0.15, 0.2) is 0 Å². The SMILES string of the molecule is C[SiH2][Si](C)=N. The van der Waals surface area contributed by atoms with Gasteiger partial charge in [-0.3, -0.25) is 0 Å². The van der Waals surface area contributed by atoms with Crippen LogP contribution >= 0.6 is 0 Å². The minimum absolute atomic E-state index is 0.117. The van der Waals surface area contributed by atoms with Crippen molar-refractivity contribution in [3.63, 3.8) is 0 Å². The Kier molecular flexibility index (Phi) is 2.59. The van der Waals surface area contributed by atoms with Gasteiger partial charge in [0, 0.05) is 0 Å². The summed E-state index contributed by atoms with van der Waals surface area (Å²) >= 11 is 0. The fraction of sp³-hybridized carbons (Fsp3) is 1.00. The van der Waals surface area contributed by atoms with Crippen molar-refractivity contribution in [2.75, 3.05) is 0 Å². The number of rotatable bonds is 1. The van der Waals surface area contributed by atoms with Crippen LogP contribution in [0.4, 0.5) is 0 Å². The van der Waals surface area contributed by atoms with Gasteiger partial charge in [-0.1, -0.05) is 6.55 Å². The van der Waals surface area contributed by atoms with Gasteiger partial charge in [-0.25, -0.2) is 0 Å². The van der Waals surface area contributed by atoms with Crippen LogP contribution in [0, 0.1) is 5.05 Å². The van der Waals surface area contributed by atoms with Crippen LogP contribution in [0.5, 0.6) is 0 Å². The highest BCUT2D eigenvalue weighted by atomic mass is 29.2. The van der Waals surface area contributed by atoms with Gasteiger partial charge in [0.2, 0.25) is 0 Å². The molecular formula is C2H9NSi2. The van der Waals surface area contributed by atoms with Crippen molar-refractivity contribution in [2.45, 2.75) is 13.1 Å². The lowest BCUT2D eigenvalue weighted by Crippen LogP contribution is -1.97. The van der Waals surface area contributed by atoms with Gasteiger partial charge in [-0.2, -0.15) is 0 Å². The number of hydrogen-bond donors (Lipinski definition) is 1. The van der Waals surface area contributed by atoms with Crippen LogP contribution in [0.1, 0.15) is 0 Å². The predicted octanol–water partition coefficient (Wildman–Crippen LogP) is 0.169. The molecular weight excluding hydrogens is 94.2 g/mol. The van der Waals surface area contributed by atoms with E-state index in [2.05, 4.69) is 13.1 Å². The zero-order valence-corrected chi connectivity index (χ0v) is 6.12. The summed E-state index contributed by atoms with van der Waals surface area (Å²) in [6.07, 6.45) is 0. The third kappa shape index (κ3) is 4.23. The Morgan fingerprint density at radius 2 is 2.00 bits per heavy atom. The van der Waals surface area contributed by atoms with Crippen molar-refractivity contribution in [1.29, 1.82) is 5.05 Å². The van der Waals surface area contributed by atoms with Gasteiger partial charge in [0.25, 0.3) is 0 Å². The molecule has 0 aromatic carbocycles. The Balaban J connectivity index is 2.85. The van der Waals surface area contributed by atoms with Crippen molar-refractivity contribution in [1.82, 2.24) is 0 Å². The number of hydrogen-bond acceptors (Lipinski definition) is 1. The molecule has 0 saturated carbocycles. The second-order valence-corrected chi connectivity index (χ2v) is 8.70. The van der Waals surface area contributed by atoms with E-state index < -0.39 is 8.11 Å². The standard InChI is InChI=1S/C2H9NSi2/c1-4-5(2)3/h3H,4H2,1-2H3. The van der Waals surface area contributed by atoms with Crippen LogP contribution in [-0.2, 0) is 0 Å². The fourth-order valence-electron chi connectivity index (χ4n) is 0. The molecule has 0 aromatic heterocycles. The highest BCUT2D eigenvalue weighted by molar-refractivity contribution is 7.03. The Hall–Kier alpha value is 0.234. The molecule has 3 heteroatoms. The van der Waals surface area contributed by atoms with Crippen molar-refractivity contribution >= 4 is 17.1 Å². The first kappa shape index (κ1) is 5.23. The second kappa shape index (κ2) is 2.47. The molecule has 0 atom stereocenters. The van der Waals surface area contributed by atoms with E-state index in [0.29, 0.717) is 0 Å². The second-order valence-electron chi connectivity index (χ2n) is 1.13. The van der Waals surface area contributed by atoms with E-state index >= 15 is 0 Å². The molecule has 0 aromatic rings. The van der Waals surface area contributed by atoms with E-state index in [0.717, 1.165) is 0 Å². The van der Waals surface area contributed by atoms with Gasteiger partial charge in [-0.05, 0) is 6.55 Å². The minimum Gasteiger partial charge on any atom is -0.356 e. The highest BCUT2D eigenvalue weighted by Crippen LogP contribution is 1.55. The summed E-state index contributed by atoms with van der Waals surface area (Å²) in [4.78, 5) is 0. The molecule has 1 N–H and O–H groups in total. The summed E-state index contributed by atoms with van der Waals surface area (Å²) in [6, 6.07) is 0.